The SMILES string of the molecule is Cc1noc([C@H](C)N2CCN(Cc3ccc(-c4ccccc4)s3)CC2)n1. The van der Waals surface area contributed by atoms with Crippen LogP contribution in [0.3, 0.4) is 0 Å². The highest BCUT2D eigenvalue weighted by Gasteiger charge is 2.25. The Bertz CT molecular complexity index is 836. The van der Waals surface area contributed by atoms with E-state index in [1.54, 1.807) is 0 Å². The summed E-state index contributed by atoms with van der Waals surface area (Å²) in [6.45, 7) is 9.22. The van der Waals surface area contributed by atoms with Crippen molar-refractivity contribution in [3.63, 3.8) is 0 Å². The first-order chi connectivity index (χ1) is 12.7. The summed E-state index contributed by atoms with van der Waals surface area (Å²) in [6, 6.07) is 15.3. The minimum absolute atomic E-state index is 0.185. The summed E-state index contributed by atoms with van der Waals surface area (Å²) >= 11 is 1.90. The zero-order valence-electron chi connectivity index (χ0n) is 15.3. The third-order valence-corrected chi connectivity index (χ3v) is 6.07. The van der Waals surface area contributed by atoms with E-state index in [2.05, 4.69) is 69.3 Å². The van der Waals surface area contributed by atoms with E-state index in [-0.39, 0.29) is 6.04 Å². The van der Waals surface area contributed by atoms with E-state index in [1.807, 2.05) is 18.3 Å². The van der Waals surface area contributed by atoms with Crippen LogP contribution in [0.2, 0.25) is 0 Å². The molecule has 0 amide bonds. The predicted molar refractivity (Wildman–Crippen MR) is 104 cm³/mol. The Morgan fingerprint density at radius 3 is 2.54 bits per heavy atom. The third-order valence-electron chi connectivity index (χ3n) is 4.95. The highest BCUT2D eigenvalue weighted by molar-refractivity contribution is 7.15. The van der Waals surface area contributed by atoms with Crippen molar-refractivity contribution in [2.45, 2.75) is 26.4 Å². The Balaban J connectivity index is 1.32. The summed E-state index contributed by atoms with van der Waals surface area (Å²) in [5, 5.41) is 3.91. The van der Waals surface area contributed by atoms with Crippen LogP contribution in [0.5, 0.6) is 0 Å². The smallest absolute Gasteiger partial charge is 0.243 e. The van der Waals surface area contributed by atoms with Crippen LogP contribution in [-0.4, -0.2) is 46.1 Å². The average Bonchev–Trinajstić information content (AvgIpc) is 3.32. The standard InChI is InChI=1S/C20H24N4OS/c1-15(20-21-16(2)22-25-20)24-12-10-23(11-13-24)14-18-8-9-19(26-18)17-6-4-3-5-7-17/h3-9,15H,10-14H2,1-2H3/t15-/m0/s1. The van der Waals surface area contributed by atoms with Crippen molar-refractivity contribution in [3.8, 4) is 10.4 Å². The lowest BCUT2D eigenvalue weighted by molar-refractivity contribution is 0.0850. The zero-order valence-corrected chi connectivity index (χ0v) is 16.1. The van der Waals surface area contributed by atoms with Gasteiger partial charge in [-0.2, -0.15) is 4.98 Å². The van der Waals surface area contributed by atoms with E-state index in [4.69, 9.17) is 4.52 Å². The highest BCUT2D eigenvalue weighted by atomic mass is 32.1. The second kappa shape index (κ2) is 7.70. The maximum atomic E-state index is 5.33. The summed E-state index contributed by atoms with van der Waals surface area (Å²) in [7, 11) is 0. The predicted octanol–water partition coefficient (Wildman–Crippen LogP) is 3.99. The van der Waals surface area contributed by atoms with Gasteiger partial charge < -0.3 is 4.52 Å². The lowest BCUT2D eigenvalue weighted by atomic mass is 10.2. The van der Waals surface area contributed by atoms with Gasteiger partial charge in [-0.15, -0.1) is 11.3 Å². The van der Waals surface area contributed by atoms with Crippen molar-refractivity contribution in [3.05, 3.63) is 59.1 Å². The molecule has 26 heavy (non-hydrogen) atoms. The minimum atomic E-state index is 0.185. The number of piperazine rings is 1. The van der Waals surface area contributed by atoms with Crippen LogP contribution < -0.4 is 0 Å². The summed E-state index contributed by atoms with van der Waals surface area (Å²) in [5.41, 5.74) is 1.30. The molecule has 0 N–H and O–H groups in total. The molecule has 1 saturated heterocycles. The number of hydrogen-bond donors (Lipinski definition) is 0. The quantitative estimate of drug-likeness (QED) is 0.681. The molecule has 4 rings (SSSR count). The number of benzene rings is 1. The molecule has 0 bridgehead atoms. The molecule has 0 saturated carbocycles. The molecule has 1 atom stereocenters. The molecule has 3 aromatic rings. The topological polar surface area (TPSA) is 45.4 Å². The fraction of sp³-hybridized carbons (Fsp3) is 0.400. The Morgan fingerprint density at radius 2 is 1.85 bits per heavy atom. The first-order valence-corrected chi connectivity index (χ1v) is 9.91. The third kappa shape index (κ3) is 3.87. The van der Waals surface area contributed by atoms with Crippen molar-refractivity contribution < 1.29 is 4.52 Å². The number of aromatic nitrogens is 2. The lowest BCUT2D eigenvalue weighted by Crippen LogP contribution is -2.46. The minimum Gasteiger partial charge on any atom is -0.338 e. The summed E-state index contributed by atoms with van der Waals surface area (Å²) in [6.07, 6.45) is 0. The molecule has 0 spiro atoms. The Hall–Kier alpha value is -2.02. The molecular weight excluding hydrogens is 344 g/mol. The van der Waals surface area contributed by atoms with E-state index in [1.165, 1.54) is 15.3 Å². The largest absolute Gasteiger partial charge is 0.338 e. The number of rotatable bonds is 5. The van der Waals surface area contributed by atoms with Crippen molar-refractivity contribution >= 4 is 11.3 Å². The maximum Gasteiger partial charge on any atom is 0.243 e. The highest BCUT2D eigenvalue weighted by Crippen LogP contribution is 2.29. The molecule has 0 aliphatic carbocycles. The second-order valence-corrected chi connectivity index (χ2v) is 7.97. The van der Waals surface area contributed by atoms with Crippen LogP contribution in [0.25, 0.3) is 10.4 Å². The van der Waals surface area contributed by atoms with Crippen LogP contribution >= 0.6 is 11.3 Å². The number of thiophene rings is 1. The van der Waals surface area contributed by atoms with Gasteiger partial charge in [0.25, 0.3) is 0 Å². The van der Waals surface area contributed by atoms with E-state index >= 15 is 0 Å². The number of aryl methyl sites for hydroxylation is 1. The Kier molecular flexibility index (Phi) is 5.15. The molecule has 1 aliphatic rings. The monoisotopic (exact) mass is 368 g/mol. The molecule has 1 aromatic carbocycles. The molecule has 3 heterocycles. The summed E-state index contributed by atoms with van der Waals surface area (Å²) < 4.78 is 5.33. The van der Waals surface area contributed by atoms with Gasteiger partial charge in [-0.25, -0.2) is 0 Å². The first kappa shape index (κ1) is 17.4. The molecule has 1 fully saturated rings. The van der Waals surface area contributed by atoms with E-state index in [0.717, 1.165) is 38.6 Å². The van der Waals surface area contributed by atoms with Crippen molar-refractivity contribution in [1.29, 1.82) is 0 Å². The lowest BCUT2D eigenvalue weighted by Gasteiger charge is -2.36. The van der Waals surface area contributed by atoms with Crippen LogP contribution in [-0.2, 0) is 6.54 Å². The van der Waals surface area contributed by atoms with Crippen LogP contribution in [0.1, 0.15) is 29.6 Å². The molecule has 6 heteroatoms. The van der Waals surface area contributed by atoms with Gasteiger partial charge in [0, 0.05) is 42.5 Å². The molecule has 0 radical (unpaired) electrons. The zero-order chi connectivity index (χ0) is 17.9. The van der Waals surface area contributed by atoms with Gasteiger partial charge in [-0.05, 0) is 31.5 Å². The van der Waals surface area contributed by atoms with Gasteiger partial charge in [0.2, 0.25) is 5.89 Å². The van der Waals surface area contributed by atoms with Crippen molar-refractivity contribution in [1.82, 2.24) is 19.9 Å². The molecule has 0 unspecified atom stereocenters. The van der Waals surface area contributed by atoms with Gasteiger partial charge in [-0.1, -0.05) is 35.5 Å². The fourth-order valence-electron chi connectivity index (χ4n) is 3.39. The summed E-state index contributed by atoms with van der Waals surface area (Å²) in [5.74, 6) is 1.43. The van der Waals surface area contributed by atoms with Crippen LogP contribution in [0, 0.1) is 6.92 Å². The van der Waals surface area contributed by atoms with Gasteiger partial charge >= 0.3 is 0 Å². The van der Waals surface area contributed by atoms with Gasteiger partial charge in [0.15, 0.2) is 5.82 Å². The van der Waals surface area contributed by atoms with Gasteiger partial charge in [0.05, 0.1) is 6.04 Å². The average molecular weight is 369 g/mol. The van der Waals surface area contributed by atoms with Crippen LogP contribution in [0.4, 0.5) is 0 Å². The normalized spacial score (nSPS) is 17.5. The molecule has 5 nitrogen and oxygen atoms in total. The van der Waals surface area contributed by atoms with E-state index < -0.39 is 0 Å². The first-order valence-electron chi connectivity index (χ1n) is 9.10. The van der Waals surface area contributed by atoms with Crippen molar-refractivity contribution in [2.24, 2.45) is 0 Å². The Morgan fingerprint density at radius 1 is 1.08 bits per heavy atom. The number of hydrogen-bond acceptors (Lipinski definition) is 6. The van der Waals surface area contributed by atoms with E-state index in [0.29, 0.717) is 5.82 Å². The van der Waals surface area contributed by atoms with E-state index in [9.17, 15) is 0 Å². The number of nitrogens with zero attached hydrogens (tertiary/aromatic N) is 4. The fourth-order valence-corrected chi connectivity index (χ4v) is 4.44. The van der Waals surface area contributed by atoms with Gasteiger partial charge in [0.1, 0.15) is 0 Å². The Labute approximate surface area is 158 Å². The summed E-state index contributed by atoms with van der Waals surface area (Å²) in [4.78, 5) is 12.1. The molecule has 2 aromatic heterocycles. The molecule has 1 aliphatic heterocycles. The second-order valence-electron chi connectivity index (χ2n) is 6.80. The molecular formula is C20H24N4OS. The van der Waals surface area contributed by atoms with Crippen LogP contribution in [0.15, 0.2) is 47.0 Å². The van der Waals surface area contributed by atoms with Gasteiger partial charge in [-0.3, -0.25) is 9.80 Å². The molecule has 136 valence electrons. The van der Waals surface area contributed by atoms with Crippen molar-refractivity contribution in [2.75, 3.05) is 26.2 Å². The maximum absolute atomic E-state index is 5.33.